The van der Waals surface area contributed by atoms with Crippen molar-refractivity contribution in [2.75, 3.05) is 26.5 Å². The molecular weight excluding hydrogens is 280 g/mol. The highest BCUT2D eigenvalue weighted by Crippen LogP contribution is 2.15. The highest BCUT2D eigenvalue weighted by atomic mass is 16.5. The molecule has 0 aliphatic heterocycles. The number of imidazole rings is 1. The molecule has 0 aliphatic carbocycles. The summed E-state index contributed by atoms with van der Waals surface area (Å²) in [6.45, 7) is 0. The predicted molar refractivity (Wildman–Crippen MR) is 85.1 cm³/mol. The second-order valence-corrected chi connectivity index (χ2v) is 4.50. The van der Waals surface area contributed by atoms with Gasteiger partial charge in [0.15, 0.2) is 17.3 Å². The third-order valence-electron chi connectivity index (χ3n) is 3.16. The van der Waals surface area contributed by atoms with E-state index < -0.39 is 0 Å². The first-order valence-electron chi connectivity index (χ1n) is 6.73. The van der Waals surface area contributed by atoms with Crippen molar-refractivity contribution in [3.63, 3.8) is 0 Å². The van der Waals surface area contributed by atoms with Crippen LogP contribution < -0.4 is 15.4 Å². The van der Waals surface area contributed by atoms with Gasteiger partial charge in [0.1, 0.15) is 5.75 Å². The summed E-state index contributed by atoms with van der Waals surface area (Å²) in [5, 5.41) is 5.50. The molecule has 114 valence electrons. The van der Waals surface area contributed by atoms with Gasteiger partial charge < -0.3 is 19.9 Å². The fourth-order valence-electron chi connectivity index (χ4n) is 1.99. The first kappa shape index (κ1) is 15.4. The fraction of sp³-hybridized carbons (Fsp3) is 0.250. The molecule has 0 radical (unpaired) electrons. The lowest BCUT2D eigenvalue weighted by Gasteiger charge is -2.03. The van der Waals surface area contributed by atoms with Crippen LogP contribution in [-0.4, -0.2) is 36.7 Å². The lowest BCUT2D eigenvalue weighted by atomic mass is 10.2. The van der Waals surface area contributed by atoms with Crippen LogP contribution in [-0.2, 0) is 7.05 Å². The molecule has 6 heteroatoms. The molecule has 1 aromatic carbocycles. The monoisotopic (exact) mass is 298 g/mol. The molecule has 0 unspecified atom stereocenters. The van der Waals surface area contributed by atoms with Crippen molar-refractivity contribution in [3.8, 4) is 17.6 Å². The maximum absolute atomic E-state index is 11.9. The highest BCUT2D eigenvalue weighted by Gasteiger charge is 2.18. The molecular formula is C16H18N4O2. The molecule has 2 aromatic rings. The number of benzene rings is 1. The van der Waals surface area contributed by atoms with Crippen molar-refractivity contribution >= 4 is 11.7 Å². The van der Waals surface area contributed by atoms with Gasteiger partial charge >= 0.3 is 0 Å². The van der Waals surface area contributed by atoms with E-state index in [0.717, 1.165) is 11.3 Å². The number of nitrogens with zero attached hydrogens (tertiary/aromatic N) is 2. The van der Waals surface area contributed by atoms with Crippen LogP contribution in [0.5, 0.6) is 5.75 Å². The first-order chi connectivity index (χ1) is 10.6. The number of ether oxygens (including phenoxy) is 1. The number of nitrogens with one attached hydrogen (secondary N) is 2. The quantitative estimate of drug-likeness (QED) is 0.836. The molecule has 0 saturated heterocycles. The van der Waals surface area contributed by atoms with Gasteiger partial charge in [-0.1, -0.05) is 12.0 Å². The van der Waals surface area contributed by atoms with E-state index in [1.165, 1.54) is 0 Å². The predicted octanol–water partition coefficient (Wildman–Crippen LogP) is 1.23. The van der Waals surface area contributed by atoms with E-state index in [9.17, 15) is 4.79 Å². The Morgan fingerprint density at radius 3 is 2.73 bits per heavy atom. The Morgan fingerprint density at radius 2 is 2.09 bits per heavy atom. The topological polar surface area (TPSA) is 68.2 Å². The maximum Gasteiger partial charge on any atom is 0.271 e. The van der Waals surface area contributed by atoms with Gasteiger partial charge in [0, 0.05) is 26.7 Å². The van der Waals surface area contributed by atoms with E-state index in [1.54, 1.807) is 32.8 Å². The van der Waals surface area contributed by atoms with E-state index in [0.29, 0.717) is 17.3 Å². The second-order valence-electron chi connectivity index (χ2n) is 4.50. The lowest BCUT2D eigenvalue weighted by Crippen LogP contribution is -2.22. The molecule has 0 bridgehead atoms. The van der Waals surface area contributed by atoms with E-state index in [-0.39, 0.29) is 5.91 Å². The SMILES string of the molecule is CNC(=O)c1c(NC)nc(C#Cc2cccc(OC)c2)n1C. The molecule has 1 amide bonds. The van der Waals surface area contributed by atoms with Crippen molar-refractivity contribution in [2.24, 2.45) is 7.05 Å². The highest BCUT2D eigenvalue weighted by molar-refractivity contribution is 5.97. The molecule has 0 saturated carbocycles. The normalized spacial score (nSPS) is 9.64. The zero-order valence-electron chi connectivity index (χ0n) is 13.0. The van der Waals surface area contributed by atoms with Gasteiger partial charge in [-0.25, -0.2) is 4.98 Å². The molecule has 1 heterocycles. The smallest absolute Gasteiger partial charge is 0.271 e. The van der Waals surface area contributed by atoms with Crippen molar-refractivity contribution < 1.29 is 9.53 Å². The Balaban J connectivity index is 2.40. The van der Waals surface area contributed by atoms with Gasteiger partial charge in [0.05, 0.1) is 7.11 Å². The number of carbonyl (C=O) groups excluding carboxylic acids is 1. The van der Waals surface area contributed by atoms with Crippen LogP contribution in [0.15, 0.2) is 24.3 Å². The van der Waals surface area contributed by atoms with Crippen LogP contribution in [0.25, 0.3) is 0 Å². The molecule has 22 heavy (non-hydrogen) atoms. The Bertz CT molecular complexity index is 753. The van der Waals surface area contributed by atoms with Crippen LogP contribution >= 0.6 is 0 Å². The van der Waals surface area contributed by atoms with Gasteiger partial charge in [-0.3, -0.25) is 4.79 Å². The second kappa shape index (κ2) is 6.68. The summed E-state index contributed by atoms with van der Waals surface area (Å²) < 4.78 is 6.83. The largest absolute Gasteiger partial charge is 0.497 e. The molecule has 2 rings (SSSR count). The number of rotatable bonds is 3. The van der Waals surface area contributed by atoms with Crippen molar-refractivity contribution in [1.29, 1.82) is 0 Å². The Hall–Kier alpha value is -2.94. The molecule has 1 aromatic heterocycles. The van der Waals surface area contributed by atoms with E-state index in [2.05, 4.69) is 27.5 Å². The van der Waals surface area contributed by atoms with Crippen LogP contribution in [0.1, 0.15) is 21.9 Å². The third kappa shape index (κ3) is 3.04. The molecule has 2 N–H and O–H groups in total. The van der Waals surface area contributed by atoms with Crippen LogP contribution in [0.4, 0.5) is 5.82 Å². The van der Waals surface area contributed by atoms with E-state index in [1.807, 2.05) is 24.3 Å². The molecule has 0 atom stereocenters. The summed E-state index contributed by atoms with van der Waals surface area (Å²) in [6, 6.07) is 7.46. The van der Waals surface area contributed by atoms with Crippen molar-refractivity contribution in [1.82, 2.24) is 14.9 Å². The summed E-state index contributed by atoms with van der Waals surface area (Å²) in [7, 11) is 6.67. The standard InChI is InChI=1S/C16H18N4O2/c1-17-15-14(16(21)18-2)20(3)13(19-15)9-8-11-6-5-7-12(10-11)22-4/h5-7,10,17H,1-4H3,(H,18,21). The van der Waals surface area contributed by atoms with Gasteiger partial charge in [0.25, 0.3) is 5.91 Å². The molecule has 0 aliphatic rings. The Labute approximate surface area is 129 Å². The van der Waals surface area contributed by atoms with E-state index in [4.69, 9.17) is 4.74 Å². The van der Waals surface area contributed by atoms with Crippen molar-refractivity contribution in [2.45, 2.75) is 0 Å². The summed E-state index contributed by atoms with van der Waals surface area (Å²) in [4.78, 5) is 16.2. The minimum absolute atomic E-state index is 0.214. The maximum atomic E-state index is 11.9. The first-order valence-corrected chi connectivity index (χ1v) is 6.73. The molecule has 0 spiro atoms. The van der Waals surface area contributed by atoms with E-state index >= 15 is 0 Å². The number of anilines is 1. The molecule has 6 nitrogen and oxygen atoms in total. The Morgan fingerprint density at radius 1 is 1.32 bits per heavy atom. The van der Waals surface area contributed by atoms with Crippen LogP contribution in [0, 0.1) is 11.8 Å². The summed E-state index contributed by atoms with van der Waals surface area (Å²) in [5.41, 5.74) is 1.26. The van der Waals surface area contributed by atoms with Crippen LogP contribution in [0.2, 0.25) is 0 Å². The number of aromatic nitrogens is 2. The Kier molecular flexibility index (Phi) is 4.69. The number of methoxy groups -OCH3 is 1. The average molecular weight is 298 g/mol. The average Bonchev–Trinajstić information content (AvgIpc) is 2.88. The number of hydrogen-bond donors (Lipinski definition) is 2. The van der Waals surface area contributed by atoms with Gasteiger partial charge in [-0.05, 0) is 24.1 Å². The lowest BCUT2D eigenvalue weighted by molar-refractivity contribution is 0.0956. The van der Waals surface area contributed by atoms with Gasteiger partial charge in [-0.15, -0.1) is 0 Å². The number of carbonyl (C=O) groups is 1. The minimum atomic E-state index is -0.214. The zero-order chi connectivity index (χ0) is 16.1. The summed E-state index contributed by atoms with van der Waals surface area (Å²) in [5.74, 6) is 7.54. The number of hydrogen-bond acceptors (Lipinski definition) is 4. The summed E-state index contributed by atoms with van der Waals surface area (Å²) >= 11 is 0. The zero-order valence-corrected chi connectivity index (χ0v) is 13.0. The van der Waals surface area contributed by atoms with Crippen molar-refractivity contribution in [3.05, 3.63) is 41.3 Å². The minimum Gasteiger partial charge on any atom is -0.497 e. The third-order valence-corrected chi connectivity index (χ3v) is 3.16. The van der Waals surface area contributed by atoms with Gasteiger partial charge in [-0.2, -0.15) is 0 Å². The number of amides is 1. The fourth-order valence-corrected chi connectivity index (χ4v) is 1.99. The van der Waals surface area contributed by atoms with Gasteiger partial charge in [0.2, 0.25) is 0 Å². The van der Waals surface area contributed by atoms with Crippen LogP contribution in [0.3, 0.4) is 0 Å². The molecule has 0 fully saturated rings. The summed E-state index contributed by atoms with van der Waals surface area (Å²) in [6.07, 6.45) is 0.